The molecular weight excluding hydrogens is 372 g/mol. The molecule has 2 N–H and O–H groups in total. The molecule has 1 aromatic heterocycles. The van der Waals surface area contributed by atoms with Gasteiger partial charge in [-0.25, -0.2) is 4.79 Å². The minimum Gasteiger partial charge on any atom is -0.323 e. The Balaban J connectivity index is 1.29. The molecule has 0 fully saturated rings. The lowest BCUT2D eigenvalue weighted by Gasteiger charge is -2.18. The van der Waals surface area contributed by atoms with E-state index in [0.29, 0.717) is 6.54 Å². The molecular formula is C25H22N4O. The highest BCUT2D eigenvalue weighted by Crippen LogP contribution is 2.39. The van der Waals surface area contributed by atoms with Gasteiger partial charge in [-0.05, 0) is 23.3 Å². The molecule has 0 radical (unpaired) electrons. The smallest absolute Gasteiger partial charge is 0.321 e. The minimum atomic E-state index is -0.136. The van der Waals surface area contributed by atoms with Crippen LogP contribution in [-0.2, 0) is 13.0 Å². The Morgan fingerprint density at radius 3 is 2.53 bits per heavy atom. The first-order valence-corrected chi connectivity index (χ1v) is 10.0. The zero-order valence-corrected chi connectivity index (χ0v) is 16.7. The van der Waals surface area contributed by atoms with Gasteiger partial charge in [0.2, 0.25) is 0 Å². The standard InChI is InChI=1S/C25H22N4O/c1-29(16-17-7-3-2-4-8-17)25(30)26-20-13-11-18(12-14-20)23-22-15-19-9-5-6-10-21(19)24(22)28-27-23/h2-14H,15-16H2,1H3,(H,26,30)(H,27,28). The average molecular weight is 394 g/mol. The Morgan fingerprint density at radius 2 is 1.73 bits per heavy atom. The topological polar surface area (TPSA) is 61.0 Å². The summed E-state index contributed by atoms with van der Waals surface area (Å²) in [6, 6.07) is 26.1. The number of urea groups is 1. The number of anilines is 1. The summed E-state index contributed by atoms with van der Waals surface area (Å²) in [7, 11) is 1.79. The lowest BCUT2D eigenvalue weighted by molar-refractivity contribution is 0.220. The van der Waals surface area contributed by atoms with E-state index in [9.17, 15) is 4.79 Å². The second-order valence-corrected chi connectivity index (χ2v) is 7.61. The Labute approximate surface area is 175 Å². The molecule has 0 saturated heterocycles. The van der Waals surface area contributed by atoms with Crippen molar-refractivity contribution < 1.29 is 4.79 Å². The molecule has 0 aliphatic heterocycles. The van der Waals surface area contributed by atoms with Crippen LogP contribution in [0.15, 0.2) is 78.9 Å². The van der Waals surface area contributed by atoms with Crippen LogP contribution in [0.3, 0.4) is 0 Å². The number of nitrogens with one attached hydrogen (secondary N) is 2. The van der Waals surface area contributed by atoms with Gasteiger partial charge >= 0.3 is 6.03 Å². The minimum absolute atomic E-state index is 0.136. The summed E-state index contributed by atoms with van der Waals surface area (Å²) in [5.74, 6) is 0. The van der Waals surface area contributed by atoms with Crippen molar-refractivity contribution in [3.05, 3.63) is 95.6 Å². The van der Waals surface area contributed by atoms with Crippen molar-refractivity contribution in [2.75, 3.05) is 12.4 Å². The average Bonchev–Trinajstić information content (AvgIpc) is 3.34. The molecule has 0 bridgehead atoms. The molecule has 5 nitrogen and oxygen atoms in total. The van der Waals surface area contributed by atoms with Gasteiger partial charge in [0.15, 0.2) is 0 Å². The fourth-order valence-corrected chi connectivity index (χ4v) is 3.97. The molecule has 148 valence electrons. The Bertz CT molecular complexity index is 1200. The number of H-pyrrole nitrogens is 1. The lowest BCUT2D eigenvalue weighted by atomic mass is 10.1. The van der Waals surface area contributed by atoms with E-state index in [1.165, 1.54) is 16.7 Å². The molecule has 4 aromatic rings. The third-order valence-electron chi connectivity index (χ3n) is 5.54. The van der Waals surface area contributed by atoms with E-state index in [4.69, 9.17) is 0 Å². The number of rotatable bonds is 4. The number of nitrogens with zero attached hydrogens (tertiary/aromatic N) is 2. The van der Waals surface area contributed by atoms with E-state index < -0.39 is 0 Å². The maximum Gasteiger partial charge on any atom is 0.321 e. The van der Waals surface area contributed by atoms with Crippen molar-refractivity contribution in [2.24, 2.45) is 0 Å². The van der Waals surface area contributed by atoms with Gasteiger partial charge in [0.25, 0.3) is 0 Å². The van der Waals surface area contributed by atoms with Gasteiger partial charge in [0.1, 0.15) is 0 Å². The van der Waals surface area contributed by atoms with Gasteiger partial charge in [0, 0.05) is 42.4 Å². The van der Waals surface area contributed by atoms with Crippen LogP contribution in [0.5, 0.6) is 0 Å². The van der Waals surface area contributed by atoms with Crippen LogP contribution in [0.25, 0.3) is 22.5 Å². The molecule has 1 aliphatic carbocycles. The summed E-state index contributed by atoms with van der Waals surface area (Å²) in [6.07, 6.45) is 0.889. The third kappa shape index (κ3) is 3.35. The first kappa shape index (κ1) is 18.2. The van der Waals surface area contributed by atoms with Crippen LogP contribution in [-0.4, -0.2) is 28.2 Å². The zero-order valence-electron chi connectivity index (χ0n) is 16.7. The maximum absolute atomic E-state index is 12.5. The molecule has 0 saturated carbocycles. The largest absolute Gasteiger partial charge is 0.323 e. The Hall–Kier alpha value is -3.86. The van der Waals surface area contributed by atoms with Gasteiger partial charge in [0.05, 0.1) is 11.4 Å². The summed E-state index contributed by atoms with van der Waals surface area (Å²) in [5, 5.41) is 10.7. The number of aromatic amines is 1. The first-order valence-electron chi connectivity index (χ1n) is 10.0. The number of hydrogen-bond acceptors (Lipinski definition) is 2. The van der Waals surface area contributed by atoms with Gasteiger partial charge in [-0.1, -0.05) is 66.7 Å². The van der Waals surface area contributed by atoms with Crippen LogP contribution in [0.1, 0.15) is 16.7 Å². The van der Waals surface area contributed by atoms with Gasteiger partial charge in [-0.15, -0.1) is 0 Å². The van der Waals surface area contributed by atoms with Gasteiger partial charge in [-0.2, -0.15) is 5.10 Å². The Kier molecular flexibility index (Phi) is 4.56. The van der Waals surface area contributed by atoms with Crippen LogP contribution in [0.2, 0.25) is 0 Å². The number of amides is 2. The molecule has 5 rings (SSSR count). The number of benzene rings is 3. The monoisotopic (exact) mass is 394 g/mol. The predicted molar refractivity (Wildman–Crippen MR) is 119 cm³/mol. The predicted octanol–water partition coefficient (Wildman–Crippen LogP) is 5.31. The van der Waals surface area contributed by atoms with Crippen molar-refractivity contribution in [3.8, 4) is 22.5 Å². The van der Waals surface area contributed by atoms with E-state index in [1.807, 2.05) is 54.6 Å². The fraction of sp³-hybridized carbons (Fsp3) is 0.120. The summed E-state index contributed by atoms with van der Waals surface area (Å²) >= 11 is 0. The Morgan fingerprint density at radius 1 is 1.00 bits per heavy atom. The molecule has 3 aromatic carbocycles. The SMILES string of the molecule is CN(Cc1ccccc1)C(=O)Nc1ccc(-c2n[nH]c3c2Cc2ccccc2-3)cc1. The highest BCUT2D eigenvalue weighted by Gasteiger charge is 2.24. The number of carbonyl (C=O) groups is 1. The van der Waals surface area contributed by atoms with Crippen molar-refractivity contribution in [1.82, 2.24) is 15.1 Å². The van der Waals surface area contributed by atoms with Crippen molar-refractivity contribution in [1.29, 1.82) is 0 Å². The second kappa shape index (κ2) is 7.52. The van der Waals surface area contributed by atoms with Crippen molar-refractivity contribution in [3.63, 3.8) is 0 Å². The van der Waals surface area contributed by atoms with Crippen molar-refractivity contribution >= 4 is 11.7 Å². The number of fused-ring (bicyclic) bond motifs is 3. The fourth-order valence-electron chi connectivity index (χ4n) is 3.97. The van der Waals surface area contributed by atoms with E-state index in [0.717, 1.165) is 34.6 Å². The van der Waals surface area contributed by atoms with E-state index >= 15 is 0 Å². The number of aromatic nitrogens is 2. The first-order chi connectivity index (χ1) is 14.7. The summed E-state index contributed by atoms with van der Waals surface area (Å²) in [4.78, 5) is 14.2. The molecule has 2 amide bonds. The number of carbonyl (C=O) groups excluding carboxylic acids is 1. The van der Waals surface area contributed by atoms with E-state index in [1.54, 1.807) is 11.9 Å². The normalized spacial score (nSPS) is 11.6. The summed E-state index contributed by atoms with van der Waals surface area (Å²) in [6.45, 7) is 0.560. The number of hydrogen-bond donors (Lipinski definition) is 2. The maximum atomic E-state index is 12.5. The van der Waals surface area contributed by atoms with Crippen LogP contribution < -0.4 is 5.32 Å². The summed E-state index contributed by atoms with van der Waals surface area (Å²) in [5.41, 5.74) is 8.77. The molecule has 5 heteroatoms. The van der Waals surface area contributed by atoms with Crippen LogP contribution in [0, 0.1) is 0 Å². The molecule has 0 atom stereocenters. The highest BCUT2D eigenvalue weighted by molar-refractivity contribution is 5.89. The molecule has 0 spiro atoms. The highest BCUT2D eigenvalue weighted by atomic mass is 16.2. The van der Waals surface area contributed by atoms with Crippen LogP contribution in [0.4, 0.5) is 10.5 Å². The lowest BCUT2D eigenvalue weighted by Crippen LogP contribution is -2.30. The quantitative estimate of drug-likeness (QED) is 0.434. The van der Waals surface area contributed by atoms with Gasteiger partial charge in [-0.3, -0.25) is 5.10 Å². The van der Waals surface area contributed by atoms with Crippen molar-refractivity contribution in [2.45, 2.75) is 13.0 Å². The molecule has 1 heterocycles. The molecule has 0 unspecified atom stereocenters. The third-order valence-corrected chi connectivity index (χ3v) is 5.54. The van der Waals surface area contributed by atoms with E-state index in [2.05, 4.69) is 39.8 Å². The van der Waals surface area contributed by atoms with E-state index in [-0.39, 0.29) is 6.03 Å². The molecule has 30 heavy (non-hydrogen) atoms. The zero-order chi connectivity index (χ0) is 20.5. The summed E-state index contributed by atoms with van der Waals surface area (Å²) < 4.78 is 0. The molecule has 1 aliphatic rings. The van der Waals surface area contributed by atoms with Crippen LogP contribution >= 0.6 is 0 Å². The van der Waals surface area contributed by atoms with Gasteiger partial charge < -0.3 is 10.2 Å². The second-order valence-electron chi connectivity index (χ2n) is 7.61.